The number of anilines is 2. The summed E-state index contributed by atoms with van der Waals surface area (Å²) in [5.74, 6) is -0.510. The number of rotatable bonds is 4. The van der Waals surface area contributed by atoms with Crippen LogP contribution in [0.25, 0.3) is 0 Å². The third-order valence-electron chi connectivity index (χ3n) is 5.14. The van der Waals surface area contributed by atoms with E-state index in [1.54, 1.807) is 43.1 Å². The molecule has 2 amide bonds. The number of urea groups is 1. The number of benzene rings is 2. The first-order valence-electron chi connectivity index (χ1n) is 9.70. The second-order valence-electron chi connectivity index (χ2n) is 7.18. The molecule has 11 heteroatoms. The number of esters is 1. The second-order valence-corrected chi connectivity index (χ2v) is 7.56. The highest BCUT2D eigenvalue weighted by atomic mass is 32.1. The van der Waals surface area contributed by atoms with E-state index in [1.165, 1.54) is 25.3 Å². The molecule has 7 nitrogen and oxygen atoms in total. The van der Waals surface area contributed by atoms with Crippen molar-refractivity contribution >= 4 is 40.7 Å². The number of carbonyl (C=O) groups excluding carboxylic acids is 2. The Balaban J connectivity index is 1.78. The summed E-state index contributed by atoms with van der Waals surface area (Å²) >= 11 is 5.32. The lowest BCUT2D eigenvalue weighted by Crippen LogP contribution is -2.46. The van der Waals surface area contributed by atoms with E-state index in [2.05, 4.69) is 16.0 Å². The molecule has 0 saturated heterocycles. The van der Waals surface area contributed by atoms with Crippen LogP contribution in [0.1, 0.15) is 24.1 Å². The molecule has 0 spiro atoms. The fourth-order valence-electron chi connectivity index (χ4n) is 3.34. The maximum Gasteiger partial charge on any atom is 0.418 e. The monoisotopic (exact) mass is 478 g/mol. The van der Waals surface area contributed by atoms with Gasteiger partial charge in [-0.2, -0.15) is 13.2 Å². The molecule has 3 rings (SSSR count). The highest BCUT2D eigenvalue weighted by Crippen LogP contribution is 2.35. The van der Waals surface area contributed by atoms with Gasteiger partial charge in [-0.15, -0.1) is 0 Å². The molecular formula is C22H21F3N4O3S. The van der Waals surface area contributed by atoms with Gasteiger partial charge in [-0.25, -0.2) is 9.59 Å². The van der Waals surface area contributed by atoms with Crippen LogP contribution in [0.4, 0.5) is 29.3 Å². The van der Waals surface area contributed by atoms with Gasteiger partial charge >= 0.3 is 18.2 Å². The van der Waals surface area contributed by atoms with Gasteiger partial charge in [0, 0.05) is 18.4 Å². The topological polar surface area (TPSA) is 82.7 Å². The number of amides is 2. The Kier molecular flexibility index (Phi) is 6.92. The number of carbonyl (C=O) groups is 2. The zero-order valence-electron chi connectivity index (χ0n) is 17.9. The molecule has 2 aromatic rings. The van der Waals surface area contributed by atoms with Crippen LogP contribution in [-0.2, 0) is 15.7 Å². The quantitative estimate of drug-likeness (QED) is 0.438. The summed E-state index contributed by atoms with van der Waals surface area (Å²) in [7, 11) is 3.02. The molecule has 174 valence electrons. The second kappa shape index (κ2) is 9.49. The van der Waals surface area contributed by atoms with Crippen LogP contribution in [0.15, 0.2) is 59.8 Å². The van der Waals surface area contributed by atoms with Crippen LogP contribution in [0, 0.1) is 0 Å². The van der Waals surface area contributed by atoms with Crippen molar-refractivity contribution in [3.05, 3.63) is 70.9 Å². The van der Waals surface area contributed by atoms with E-state index < -0.39 is 29.8 Å². The minimum Gasteiger partial charge on any atom is -0.466 e. The van der Waals surface area contributed by atoms with E-state index in [0.717, 1.165) is 6.07 Å². The first kappa shape index (κ1) is 24.1. The zero-order valence-corrected chi connectivity index (χ0v) is 18.7. The largest absolute Gasteiger partial charge is 0.466 e. The molecule has 1 heterocycles. The minimum absolute atomic E-state index is 0.344. The molecule has 0 aromatic heterocycles. The number of alkyl halides is 3. The summed E-state index contributed by atoms with van der Waals surface area (Å²) in [6, 6.07) is 9.77. The fraction of sp³-hybridized carbons (Fsp3) is 0.227. The molecule has 1 atom stereocenters. The van der Waals surface area contributed by atoms with Gasteiger partial charge in [0.2, 0.25) is 0 Å². The summed E-state index contributed by atoms with van der Waals surface area (Å²) in [5.41, 5.74) is 0.746. The Bertz CT molecular complexity index is 1120. The Morgan fingerprint density at radius 3 is 2.33 bits per heavy atom. The zero-order chi connectivity index (χ0) is 24.3. The Morgan fingerprint density at radius 1 is 1.09 bits per heavy atom. The smallest absolute Gasteiger partial charge is 0.418 e. The Labute approximate surface area is 193 Å². The van der Waals surface area contributed by atoms with Crippen LogP contribution in [0.2, 0.25) is 0 Å². The molecule has 0 bridgehead atoms. The third kappa shape index (κ3) is 5.25. The summed E-state index contributed by atoms with van der Waals surface area (Å²) < 4.78 is 44.3. The first-order chi connectivity index (χ1) is 15.5. The lowest BCUT2D eigenvalue weighted by Gasteiger charge is -2.35. The predicted molar refractivity (Wildman–Crippen MR) is 121 cm³/mol. The molecule has 33 heavy (non-hydrogen) atoms. The van der Waals surface area contributed by atoms with Gasteiger partial charge in [0.15, 0.2) is 5.11 Å². The molecular weight excluding hydrogens is 457 g/mol. The third-order valence-corrected chi connectivity index (χ3v) is 5.53. The average molecular weight is 478 g/mol. The molecule has 2 aromatic carbocycles. The number of ether oxygens (including phenoxy) is 1. The lowest BCUT2D eigenvalue weighted by atomic mass is 9.95. The van der Waals surface area contributed by atoms with Crippen molar-refractivity contribution in [3.8, 4) is 0 Å². The van der Waals surface area contributed by atoms with Crippen LogP contribution < -0.4 is 16.0 Å². The van der Waals surface area contributed by atoms with Crippen LogP contribution in [-0.4, -0.2) is 36.2 Å². The van der Waals surface area contributed by atoms with Crippen LogP contribution >= 0.6 is 12.2 Å². The van der Waals surface area contributed by atoms with Crippen molar-refractivity contribution < 1.29 is 27.5 Å². The number of allylic oxidation sites excluding steroid dienone is 1. The summed E-state index contributed by atoms with van der Waals surface area (Å²) in [6.07, 6.45) is -4.60. The van der Waals surface area contributed by atoms with E-state index in [-0.39, 0.29) is 5.69 Å². The fourth-order valence-corrected chi connectivity index (χ4v) is 3.60. The van der Waals surface area contributed by atoms with Crippen molar-refractivity contribution in [3.63, 3.8) is 0 Å². The number of hydrogen-bond acceptors (Lipinski definition) is 4. The van der Waals surface area contributed by atoms with Gasteiger partial charge in [0.05, 0.1) is 30.0 Å². The Hall–Kier alpha value is -3.60. The highest BCUT2D eigenvalue weighted by Gasteiger charge is 2.34. The number of halogens is 3. The molecule has 3 N–H and O–H groups in total. The Morgan fingerprint density at radius 2 is 1.73 bits per heavy atom. The normalized spacial score (nSPS) is 16.2. The SMILES string of the molecule is COC(=O)C1=C(C)N(C)C(=S)NC1c1ccc(NC(=O)Nc2ccccc2C(F)(F)F)cc1. The number of hydrogen-bond donors (Lipinski definition) is 3. The molecule has 0 radical (unpaired) electrons. The number of nitrogens with zero attached hydrogens (tertiary/aromatic N) is 1. The van der Waals surface area contributed by atoms with E-state index in [4.69, 9.17) is 17.0 Å². The van der Waals surface area contributed by atoms with Gasteiger partial charge in [-0.3, -0.25) is 0 Å². The highest BCUT2D eigenvalue weighted by molar-refractivity contribution is 7.80. The standard InChI is InChI=1S/C22H21F3N4O3S/c1-12-17(19(30)32-3)18(28-21(33)29(12)2)13-8-10-14(11-9-13)26-20(31)27-16-7-5-4-6-15(16)22(23,24)25/h4-11,18H,1-3H3,(H,28,33)(H2,26,27,31). The summed E-state index contributed by atoms with van der Waals surface area (Å²) in [4.78, 5) is 26.3. The van der Waals surface area contributed by atoms with Crippen molar-refractivity contribution in [1.29, 1.82) is 0 Å². The van der Waals surface area contributed by atoms with Gasteiger partial charge in [-0.05, 0) is 49.0 Å². The maximum absolute atomic E-state index is 13.1. The van der Waals surface area contributed by atoms with E-state index in [9.17, 15) is 22.8 Å². The predicted octanol–water partition coefficient (Wildman–Crippen LogP) is 4.66. The van der Waals surface area contributed by atoms with Gasteiger partial charge in [0.25, 0.3) is 0 Å². The van der Waals surface area contributed by atoms with Crippen molar-refractivity contribution in [2.75, 3.05) is 24.8 Å². The van der Waals surface area contributed by atoms with Crippen molar-refractivity contribution in [2.45, 2.75) is 19.1 Å². The molecule has 0 aliphatic carbocycles. The number of para-hydroxylation sites is 1. The van der Waals surface area contributed by atoms with Crippen LogP contribution in [0.5, 0.6) is 0 Å². The minimum atomic E-state index is -4.60. The molecule has 1 unspecified atom stereocenters. The summed E-state index contributed by atoms with van der Waals surface area (Å²) in [5, 5.41) is 8.22. The maximum atomic E-state index is 13.1. The average Bonchev–Trinajstić information content (AvgIpc) is 2.77. The van der Waals surface area contributed by atoms with E-state index in [1.807, 2.05) is 0 Å². The van der Waals surface area contributed by atoms with Gasteiger partial charge in [-0.1, -0.05) is 24.3 Å². The first-order valence-corrected chi connectivity index (χ1v) is 10.1. The van der Waals surface area contributed by atoms with Gasteiger partial charge < -0.3 is 25.6 Å². The van der Waals surface area contributed by atoms with E-state index >= 15 is 0 Å². The molecule has 0 saturated carbocycles. The molecule has 1 aliphatic heterocycles. The van der Waals surface area contributed by atoms with Crippen molar-refractivity contribution in [2.24, 2.45) is 0 Å². The summed E-state index contributed by atoms with van der Waals surface area (Å²) in [6.45, 7) is 1.76. The van der Waals surface area contributed by atoms with E-state index in [0.29, 0.717) is 27.6 Å². The van der Waals surface area contributed by atoms with Gasteiger partial charge in [0.1, 0.15) is 0 Å². The number of methoxy groups -OCH3 is 1. The van der Waals surface area contributed by atoms with Crippen LogP contribution in [0.3, 0.4) is 0 Å². The number of thiocarbonyl (C=S) groups is 1. The lowest BCUT2D eigenvalue weighted by molar-refractivity contribution is -0.137. The van der Waals surface area contributed by atoms with Crippen molar-refractivity contribution in [1.82, 2.24) is 10.2 Å². The molecule has 1 aliphatic rings. The number of nitrogens with one attached hydrogen (secondary N) is 3. The molecule has 0 fully saturated rings.